The Labute approximate surface area is 81.5 Å². The van der Waals surface area contributed by atoms with E-state index in [1.54, 1.807) is 7.11 Å². The van der Waals surface area contributed by atoms with Gasteiger partial charge in [-0.15, -0.1) is 0 Å². The molecule has 2 N–H and O–H groups in total. The molecule has 2 heterocycles. The number of nitrogens with zero attached hydrogens (tertiary/aromatic N) is 3. The zero-order chi connectivity index (χ0) is 9.97. The molecule has 2 aromatic rings. The number of hydrogen-bond donors (Lipinski definition) is 1. The highest BCUT2D eigenvalue weighted by atomic mass is 16.5. The fraction of sp³-hybridized carbons (Fsp3) is 0.333. The first-order valence-corrected chi connectivity index (χ1v) is 4.37. The summed E-state index contributed by atoms with van der Waals surface area (Å²) in [6, 6.07) is 1.92. The van der Waals surface area contributed by atoms with Crippen LogP contribution in [0.5, 0.6) is 0 Å². The quantitative estimate of drug-likeness (QED) is 0.775. The average molecular weight is 192 g/mol. The molecule has 14 heavy (non-hydrogen) atoms. The Kier molecular flexibility index (Phi) is 2.32. The van der Waals surface area contributed by atoms with Crippen LogP contribution in [0.3, 0.4) is 0 Å². The maximum atomic E-state index is 5.70. The lowest BCUT2D eigenvalue weighted by Crippen LogP contribution is -2.04. The van der Waals surface area contributed by atoms with Crippen molar-refractivity contribution >= 4 is 16.9 Å². The first kappa shape index (κ1) is 8.96. The third kappa shape index (κ3) is 1.42. The van der Waals surface area contributed by atoms with E-state index in [9.17, 15) is 0 Å². The van der Waals surface area contributed by atoms with Gasteiger partial charge in [-0.2, -0.15) is 0 Å². The van der Waals surface area contributed by atoms with Gasteiger partial charge in [0.25, 0.3) is 0 Å². The molecule has 0 spiro atoms. The maximum Gasteiger partial charge on any atom is 0.145 e. The number of fused-ring (bicyclic) bond motifs is 1. The molecule has 0 atom stereocenters. The first-order chi connectivity index (χ1) is 6.83. The molecular formula is C9H12N4O. The van der Waals surface area contributed by atoms with Gasteiger partial charge in [-0.05, 0) is 6.07 Å². The smallest absolute Gasteiger partial charge is 0.145 e. The summed E-state index contributed by atoms with van der Waals surface area (Å²) in [5.41, 5.74) is 6.56. The van der Waals surface area contributed by atoms with Gasteiger partial charge in [-0.1, -0.05) is 0 Å². The molecule has 0 saturated carbocycles. The summed E-state index contributed by atoms with van der Waals surface area (Å²) >= 11 is 0. The fourth-order valence-corrected chi connectivity index (χ4v) is 1.39. The van der Waals surface area contributed by atoms with Crippen molar-refractivity contribution in [2.45, 2.75) is 6.54 Å². The van der Waals surface area contributed by atoms with E-state index in [1.165, 1.54) is 6.33 Å². The SMILES string of the molecule is COCCn1ccc2c(N)ncnc21. The molecule has 0 aliphatic carbocycles. The molecule has 0 saturated heterocycles. The lowest BCUT2D eigenvalue weighted by molar-refractivity contribution is 0.188. The van der Waals surface area contributed by atoms with Crippen LogP contribution in [-0.4, -0.2) is 28.3 Å². The van der Waals surface area contributed by atoms with Crippen LogP contribution in [-0.2, 0) is 11.3 Å². The van der Waals surface area contributed by atoms with E-state index in [1.807, 2.05) is 16.8 Å². The second kappa shape index (κ2) is 3.63. The minimum Gasteiger partial charge on any atom is -0.383 e. The molecule has 5 heteroatoms. The van der Waals surface area contributed by atoms with Gasteiger partial charge in [0.05, 0.1) is 12.0 Å². The molecule has 0 radical (unpaired) electrons. The molecule has 2 aromatic heterocycles. The summed E-state index contributed by atoms with van der Waals surface area (Å²) in [6.45, 7) is 1.43. The minimum absolute atomic E-state index is 0.520. The predicted molar refractivity (Wildman–Crippen MR) is 53.8 cm³/mol. The van der Waals surface area contributed by atoms with Gasteiger partial charge >= 0.3 is 0 Å². The van der Waals surface area contributed by atoms with Gasteiger partial charge in [0.15, 0.2) is 0 Å². The maximum absolute atomic E-state index is 5.70. The number of anilines is 1. The first-order valence-electron chi connectivity index (χ1n) is 4.37. The van der Waals surface area contributed by atoms with Crippen molar-refractivity contribution in [1.82, 2.24) is 14.5 Å². The second-order valence-electron chi connectivity index (χ2n) is 3.00. The predicted octanol–water partition coefficient (Wildman–Crippen LogP) is 0.660. The van der Waals surface area contributed by atoms with Crippen LogP contribution in [0.1, 0.15) is 0 Å². The Balaban J connectivity index is 2.42. The number of nitrogen functional groups attached to an aromatic ring is 1. The van der Waals surface area contributed by atoms with Crippen LogP contribution in [0.4, 0.5) is 5.82 Å². The molecule has 0 bridgehead atoms. The molecule has 0 aliphatic rings. The standard InChI is InChI=1S/C9H12N4O/c1-14-5-4-13-3-2-7-8(10)11-6-12-9(7)13/h2-3,6H,4-5H2,1H3,(H2,10,11,12). The average Bonchev–Trinajstić information content (AvgIpc) is 2.60. The normalized spacial score (nSPS) is 10.9. The zero-order valence-electron chi connectivity index (χ0n) is 7.97. The summed E-state index contributed by atoms with van der Waals surface area (Å²) in [7, 11) is 1.68. The Morgan fingerprint density at radius 1 is 1.50 bits per heavy atom. The highest BCUT2D eigenvalue weighted by Gasteiger charge is 2.04. The lowest BCUT2D eigenvalue weighted by atomic mass is 10.4. The topological polar surface area (TPSA) is 66.0 Å². The van der Waals surface area contributed by atoms with E-state index in [0.717, 1.165) is 17.6 Å². The van der Waals surface area contributed by atoms with E-state index in [4.69, 9.17) is 10.5 Å². The second-order valence-corrected chi connectivity index (χ2v) is 3.00. The van der Waals surface area contributed by atoms with Crippen LogP contribution in [0.2, 0.25) is 0 Å². The van der Waals surface area contributed by atoms with Crippen molar-refractivity contribution in [2.75, 3.05) is 19.5 Å². The van der Waals surface area contributed by atoms with Gasteiger partial charge in [0.1, 0.15) is 17.8 Å². The van der Waals surface area contributed by atoms with Gasteiger partial charge in [0.2, 0.25) is 0 Å². The highest BCUT2D eigenvalue weighted by molar-refractivity contribution is 5.85. The Morgan fingerprint density at radius 3 is 3.14 bits per heavy atom. The largest absolute Gasteiger partial charge is 0.383 e. The van der Waals surface area contributed by atoms with E-state index in [2.05, 4.69) is 9.97 Å². The fourth-order valence-electron chi connectivity index (χ4n) is 1.39. The molecule has 2 rings (SSSR count). The Hall–Kier alpha value is -1.62. The Morgan fingerprint density at radius 2 is 2.36 bits per heavy atom. The summed E-state index contributed by atoms with van der Waals surface area (Å²) in [5, 5.41) is 0.892. The number of aromatic nitrogens is 3. The van der Waals surface area contributed by atoms with Crippen molar-refractivity contribution in [1.29, 1.82) is 0 Å². The number of methoxy groups -OCH3 is 1. The van der Waals surface area contributed by atoms with Crippen molar-refractivity contribution in [3.05, 3.63) is 18.6 Å². The van der Waals surface area contributed by atoms with E-state index in [-0.39, 0.29) is 0 Å². The van der Waals surface area contributed by atoms with E-state index in [0.29, 0.717) is 12.4 Å². The number of nitrogens with two attached hydrogens (primary N) is 1. The van der Waals surface area contributed by atoms with Crippen molar-refractivity contribution in [3.8, 4) is 0 Å². The van der Waals surface area contributed by atoms with Crippen molar-refractivity contribution in [2.24, 2.45) is 0 Å². The number of hydrogen-bond acceptors (Lipinski definition) is 4. The monoisotopic (exact) mass is 192 g/mol. The number of ether oxygens (including phenoxy) is 1. The molecule has 0 amide bonds. The van der Waals surface area contributed by atoms with Crippen LogP contribution >= 0.6 is 0 Å². The van der Waals surface area contributed by atoms with Gasteiger partial charge < -0.3 is 15.0 Å². The summed E-state index contributed by atoms with van der Waals surface area (Å²) in [6.07, 6.45) is 3.41. The summed E-state index contributed by atoms with van der Waals surface area (Å²) in [4.78, 5) is 8.09. The molecule has 5 nitrogen and oxygen atoms in total. The molecule has 0 aromatic carbocycles. The molecular weight excluding hydrogens is 180 g/mol. The summed E-state index contributed by atoms with van der Waals surface area (Å²) in [5.74, 6) is 0.520. The minimum atomic E-state index is 0.520. The van der Waals surface area contributed by atoms with Crippen LogP contribution < -0.4 is 5.73 Å². The van der Waals surface area contributed by atoms with Crippen LogP contribution in [0.15, 0.2) is 18.6 Å². The highest BCUT2D eigenvalue weighted by Crippen LogP contribution is 2.16. The molecule has 0 aliphatic heterocycles. The van der Waals surface area contributed by atoms with Crippen LogP contribution in [0.25, 0.3) is 11.0 Å². The molecule has 74 valence electrons. The van der Waals surface area contributed by atoms with Gasteiger partial charge in [0, 0.05) is 19.9 Å². The van der Waals surface area contributed by atoms with E-state index >= 15 is 0 Å². The van der Waals surface area contributed by atoms with Crippen LogP contribution in [0, 0.1) is 0 Å². The zero-order valence-corrected chi connectivity index (χ0v) is 7.97. The third-order valence-corrected chi connectivity index (χ3v) is 2.12. The molecule has 0 fully saturated rings. The van der Waals surface area contributed by atoms with Gasteiger partial charge in [-0.25, -0.2) is 9.97 Å². The Bertz CT molecular complexity index is 437. The third-order valence-electron chi connectivity index (χ3n) is 2.12. The number of rotatable bonds is 3. The lowest BCUT2D eigenvalue weighted by Gasteiger charge is -2.03. The van der Waals surface area contributed by atoms with E-state index < -0.39 is 0 Å². The van der Waals surface area contributed by atoms with Gasteiger partial charge in [-0.3, -0.25) is 0 Å². The van der Waals surface area contributed by atoms with Crippen molar-refractivity contribution < 1.29 is 4.74 Å². The summed E-state index contributed by atoms with van der Waals surface area (Å²) < 4.78 is 7.00. The molecule has 0 unspecified atom stereocenters. The van der Waals surface area contributed by atoms with Crippen molar-refractivity contribution in [3.63, 3.8) is 0 Å².